The van der Waals surface area contributed by atoms with E-state index in [1.54, 1.807) is 6.92 Å². The fourth-order valence-electron chi connectivity index (χ4n) is 2.90. The second-order valence-electron chi connectivity index (χ2n) is 4.90. The Kier molecular flexibility index (Phi) is 3.62. The van der Waals surface area contributed by atoms with Crippen LogP contribution in [-0.4, -0.2) is 36.5 Å². The minimum absolute atomic E-state index is 0.241. The molecule has 0 aliphatic carbocycles. The van der Waals surface area contributed by atoms with Gasteiger partial charge in [0.15, 0.2) is 0 Å². The predicted octanol–water partition coefficient (Wildman–Crippen LogP) is 1.39. The second-order valence-corrected chi connectivity index (χ2v) is 4.90. The van der Waals surface area contributed by atoms with Crippen LogP contribution in [0.5, 0.6) is 0 Å². The van der Waals surface area contributed by atoms with Gasteiger partial charge >= 0.3 is 0 Å². The summed E-state index contributed by atoms with van der Waals surface area (Å²) < 4.78 is 0. The number of rotatable bonds is 1. The van der Waals surface area contributed by atoms with Gasteiger partial charge in [0, 0.05) is 26.1 Å². The Balaban J connectivity index is 1.79. The molecule has 0 aromatic heterocycles. The van der Waals surface area contributed by atoms with E-state index in [9.17, 15) is 4.79 Å². The number of amides is 1. The summed E-state index contributed by atoms with van der Waals surface area (Å²) in [6.45, 7) is 4.81. The number of hydrogen-bond acceptors (Lipinski definition) is 2. The van der Waals surface area contributed by atoms with Crippen molar-refractivity contribution >= 4 is 5.91 Å². The number of nitrogens with zero attached hydrogens (tertiary/aromatic N) is 1. The maximum absolute atomic E-state index is 11.2. The van der Waals surface area contributed by atoms with Crippen molar-refractivity contribution in [1.29, 1.82) is 0 Å². The quantitative estimate of drug-likeness (QED) is 0.709. The average Bonchev–Trinajstić information content (AvgIpc) is 2.30. The molecule has 2 saturated heterocycles. The second kappa shape index (κ2) is 4.97. The summed E-state index contributed by atoms with van der Waals surface area (Å²) in [7, 11) is 0. The molecule has 0 bridgehead atoms. The van der Waals surface area contributed by atoms with Crippen LogP contribution in [0.4, 0.5) is 0 Å². The summed E-state index contributed by atoms with van der Waals surface area (Å²) in [5.41, 5.74) is 0. The molecule has 0 saturated carbocycles. The number of likely N-dealkylation sites (tertiary alicyclic amines) is 1. The van der Waals surface area contributed by atoms with Crippen molar-refractivity contribution < 1.29 is 4.79 Å². The standard InChI is InChI=1S/C12H22N2O/c1-10(15)14-8-5-11(6-9-14)12-4-2-3-7-13-12/h11-13H,2-9H2,1H3/t12-/m0/s1. The zero-order valence-electron chi connectivity index (χ0n) is 9.67. The summed E-state index contributed by atoms with van der Waals surface area (Å²) in [4.78, 5) is 13.2. The molecule has 0 radical (unpaired) electrons. The first kappa shape index (κ1) is 10.9. The minimum atomic E-state index is 0.241. The lowest BCUT2D eigenvalue weighted by molar-refractivity contribution is -0.130. The van der Waals surface area contributed by atoms with Crippen molar-refractivity contribution in [2.24, 2.45) is 5.92 Å². The van der Waals surface area contributed by atoms with E-state index in [-0.39, 0.29) is 5.91 Å². The number of carbonyl (C=O) groups excluding carboxylic acids is 1. The molecule has 0 aromatic carbocycles. The fourth-order valence-corrected chi connectivity index (χ4v) is 2.90. The zero-order valence-corrected chi connectivity index (χ0v) is 9.67. The van der Waals surface area contributed by atoms with Crippen molar-refractivity contribution in [3.05, 3.63) is 0 Å². The third kappa shape index (κ3) is 2.71. The van der Waals surface area contributed by atoms with E-state index in [2.05, 4.69) is 5.32 Å². The van der Waals surface area contributed by atoms with E-state index in [4.69, 9.17) is 0 Å². The van der Waals surface area contributed by atoms with Gasteiger partial charge in [-0.2, -0.15) is 0 Å². The first-order valence-corrected chi connectivity index (χ1v) is 6.26. The largest absolute Gasteiger partial charge is 0.343 e. The molecule has 2 fully saturated rings. The normalized spacial score (nSPS) is 29.1. The zero-order chi connectivity index (χ0) is 10.7. The Morgan fingerprint density at radius 2 is 1.93 bits per heavy atom. The Morgan fingerprint density at radius 3 is 2.47 bits per heavy atom. The molecule has 15 heavy (non-hydrogen) atoms. The lowest BCUT2D eigenvalue weighted by Crippen LogP contribution is -2.46. The van der Waals surface area contributed by atoms with Crippen molar-refractivity contribution in [2.75, 3.05) is 19.6 Å². The summed E-state index contributed by atoms with van der Waals surface area (Å²) in [6, 6.07) is 0.729. The maximum atomic E-state index is 11.2. The summed E-state index contributed by atoms with van der Waals surface area (Å²) in [6.07, 6.45) is 6.44. The smallest absolute Gasteiger partial charge is 0.219 e. The highest BCUT2D eigenvalue weighted by Crippen LogP contribution is 2.25. The highest BCUT2D eigenvalue weighted by molar-refractivity contribution is 5.73. The molecule has 86 valence electrons. The van der Waals surface area contributed by atoms with Crippen LogP contribution in [0.15, 0.2) is 0 Å². The first-order chi connectivity index (χ1) is 7.27. The summed E-state index contributed by atoms with van der Waals surface area (Å²) in [5.74, 6) is 1.05. The van der Waals surface area contributed by atoms with Gasteiger partial charge in [0.1, 0.15) is 0 Å². The Hall–Kier alpha value is -0.570. The van der Waals surface area contributed by atoms with Crippen molar-refractivity contribution in [2.45, 2.75) is 45.1 Å². The van der Waals surface area contributed by atoms with Crippen LogP contribution in [0.3, 0.4) is 0 Å². The van der Waals surface area contributed by atoms with E-state index >= 15 is 0 Å². The van der Waals surface area contributed by atoms with Gasteiger partial charge in [0.05, 0.1) is 0 Å². The molecule has 2 aliphatic heterocycles. The molecule has 3 heteroatoms. The maximum Gasteiger partial charge on any atom is 0.219 e. The topological polar surface area (TPSA) is 32.3 Å². The van der Waals surface area contributed by atoms with Crippen LogP contribution in [0.25, 0.3) is 0 Å². The number of hydrogen-bond donors (Lipinski definition) is 1. The van der Waals surface area contributed by atoms with Crippen LogP contribution in [0, 0.1) is 5.92 Å². The Labute approximate surface area is 92.2 Å². The molecule has 0 aromatic rings. The van der Waals surface area contributed by atoms with E-state index in [1.165, 1.54) is 38.6 Å². The number of carbonyl (C=O) groups is 1. The molecule has 2 heterocycles. The molecule has 2 rings (SSSR count). The van der Waals surface area contributed by atoms with E-state index in [0.717, 1.165) is 25.0 Å². The van der Waals surface area contributed by atoms with Crippen LogP contribution in [0.1, 0.15) is 39.0 Å². The molecule has 1 N–H and O–H groups in total. The van der Waals surface area contributed by atoms with Gasteiger partial charge in [-0.25, -0.2) is 0 Å². The van der Waals surface area contributed by atoms with Gasteiger partial charge in [-0.15, -0.1) is 0 Å². The third-order valence-electron chi connectivity index (χ3n) is 3.90. The van der Waals surface area contributed by atoms with Crippen LogP contribution >= 0.6 is 0 Å². The molecule has 0 unspecified atom stereocenters. The van der Waals surface area contributed by atoms with Gasteiger partial charge in [0.2, 0.25) is 5.91 Å². The van der Waals surface area contributed by atoms with E-state index in [0.29, 0.717) is 0 Å². The number of piperidine rings is 2. The van der Waals surface area contributed by atoms with Crippen molar-refractivity contribution in [1.82, 2.24) is 10.2 Å². The van der Waals surface area contributed by atoms with E-state index < -0.39 is 0 Å². The third-order valence-corrected chi connectivity index (χ3v) is 3.90. The lowest BCUT2D eigenvalue weighted by Gasteiger charge is -2.37. The Morgan fingerprint density at radius 1 is 1.20 bits per heavy atom. The Bertz CT molecular complexity index is 216. The molecule has 1 atom stereocenters. The van der Waals surface area contributed by atoms with Gasteiger partial charge in [-0.1, -0.05) is 6.42 Å². The monoisotopic (exact) mass is 210 g/mol. The molecular weight excluding hydrogens is 188 g/mol. The fraction of sp³-hybridized carbons (Fsp3) is 0.917. The number of nitrogens with one attached hydrogen (secondary N) is 1. The van der Waals surface area contributed by atoms with E-state index in [1.807, 2.05) is 4.90 Å². The van der Waals surface area contributed by atoms with Crippen LogP contribution in [0.2, 0.25) is 0 Å². The van der Waals surface area contributed by atoms with Crippen molar-refractivity contribution in [3.8, 4) is 0 Å². The summed E-state index contributed by atoms with van der Waals surface area (Å²) in [5, 5.41) is 3.63. The minimum Gasteiger partial charge on any atom is -0.343 e. The molecule has 0 spiro atoms. The van der Waals surface area contributed by atoms with Gasteiger partial charge in [-0.3, -0.25) is 4.79 Å². The average molecular weight is 210 g/mol. The van der Waals surface area contributed by atoms with Crippen LogP contribution < -0.4 is 5.32 Å². The molecule has 3 nitrogen and oxygen atoms in total. The molecule has 2 aliphatic rings. The molecular formula is C12H22N2O. The van der Waals surface area contributed by atoms with Crippen LogP contribution in [-0.2, 0) is 4.79 Å². The molecule has 1 amide bonds. The first-order valence-electron chi connectivity index (χ1n) is 6.26. The summed E-state index contributed by atoms with van der Waals surface area (Å²) >= 11 is 0. The lowest BCUT2D eigenvalue weighted by atomic mass is 9.85. The highest BCUT2D eigenvalue weighted by Gasteiger charge is 2.27. The van der Waals surface area contributed by atoms with Gasteiger partial charge in [0.25, 0.3) is 0 Å². The van der Waals surface area contributed by atoms with Gasteiger partial charge < -0.3 is 10.2 Å². The van der Waals surface area contributed by atoms with Crippen molar-refractivity contribution in [3.63, 3.8) is 0 Å². The van der Waals surface area contributed by atoms with Gasteiger partial charge in [-0.05, 0) is 38.1 Å². The SMILES string of the molecule is CC(=O)N1CCC([C@@H]2CCCCN2)CC1. The highest BCUT2D eigenvalue weighted by atomic mass is 16.2. The predicted molar refractivity (Wildman–Crippen MR) is 60.6 cm³/mol.